The summed E-state index contributed by atoms with van der Waals surface area (Å²) in [7, 11) is 0. The Morgan fingerprint density at radius 1 is 0.905 bits per heavy atom. The number of rotatable bonds is 8. The molecule has 4 heteroatoms. The Morgan fingerprint density at radius 2 is 1.43 bits per heavy atom. The second-order valence-electron chi connectivity index (χ2n) is 5.00. The van der Waals surface area contributed by atoms with E-state index in [0.717, 1.165) is 38.7 Å². The van der Waals surface area contributed by atoms with Crippen LogP contribution in [0.2, 0.25) is 0 Å². The Bertz CT molecular complexity index is 399. The van der Waals surface area contributed by atoms with Gasteiger partial charge in [-0.1, -0.05) is 38.1 Å². The van der Waals surface area contributed by atoms with Crippen molar-refractivity contribution in [3.05, 3.63) is 35.4 Å². The van der Waals surface area contributed by atoms with E-state index in [9.17, 15) is 0 Å². The predicted molar refractivity (Wildman–Crippen MR) is 91.6 cm³/mol. The number of hydrogen-bond acceptors (Lipinski definition) is 2. The average molecular weight is 290 g/mol. The van der Waals surface area contributed by atoms with E-state index in [0.29, 0.717) is 6.54 Å². The molecule has 0 radical (unpaired) electrons. The summed E-state index contributed by atoms with van der Waals surface area (Å²) in [6, 6.07) is 8.78. The molecule has 4 nitrogen and oxygen atoms in total. The molecule has 0 spiro atoms. The number of hydrogen-bond donors (Lipinski definition) is 2. The molecule has 0 aromatic heterocycles. The molecule has 118 valence electrons. The zero-order valence-corrected chi connectivity index (χ0v) is 13.9. The van der Waals surface area contributed by atoms with E-state index in [1.165, 1.54) is 11.1 Å². The molecule has 0 heterocycles. The Hall–Kier alpha value is -1.55. The first-order valence-electron chi connectivity index (χ1n) is 8.05. The van der Waals surface area contributed by atoms with Gasteiger partial charge < -0.3 is 10.6 Å². The van der Waals surface area contributed by atoms with Gasteiger partial charge in [-0.3, -0.25) is 4.90 Å². The van der Waals surface area contributed by atoms with Crippen LogP contribution < -0.4 is 10.6 Å². The molecule has 0 unspecified atom stereocenters. The fourth-order valence-electron chi connectivity index (χ4n) is 2.14. The van der Waals surface area contributed by atoms with Crippen LogP contribution in [0.5, 0.6) is 0 Å². The monoisotopic (exact) mass is 290 g/mol. The SMILES string of the molecule is CCNC(=NCc1ccc(CN(CC)CC)cc1)NCC. The van der Waals surface area contributed by atoms with Crippen LogP contribution in [0.4, 0.5) is 0 Å². The number of aliphatic imine (C=N–C) groups is 1. The summed E-state index contributed by atoms with van der Waals surface area (Å²) in [6.07, 6.45) is 0. The Labute approximate surface area is 129 Å². The molecule has 1 aromatic rings. The first-order valence-corrected chi connectivity index (χ1v) is 8.05. The molecule has 1 rings (SSSR count). The lowest BCUT2D eigenvalue weighted by atomic mass is 10.1. The van der Waals surface area contributed by atoms with Crippen molar-refractivity contribution < 1.29 is 0 Å². The smallest absolute Gasteiger partial charge is 0.191 e. The molecular formula is C17H30N4. The van der Waals surface area contributed by atoms with Gasteiger partial charge in [0.15, 0.2) is 5.96 Å². The van der Waals surface area contributed by atoms with Gasteiger partial charge in [-0.2, -0.15) is 0 Å². The highest BCUT2D eigenvalue weighted by molar-refractivity contribution is 5.79. The number of benzene rings is 1. The summed E-state index contributed by atoms with van der Waals surface area (Å²) < 4.78 is 0. The van der Waals surface area contributed by atoms with Crippen molar-refractivity contribution >= 4 is 5.96 Å². The Balaban J connectivity index is 2.59. The molecule has 0 aliphatic heterocycles. The van der Waals surface area contributed by atoms with Crippen LogP contribution in [0.15, 0.2) is 29.3 Å². The third-order valence-corrected chi connectivity index (χ3v) is 3.43. The van der Waals surface area contributed by atoms with E-state index in [1.54, 1.807) is 0 Å². The van der Waals surface area contributed by atoms with Gasteiger partial charge in [-0.25, -0.2) is 4.99 Å². The van der Waals surface area contributed by atoms with Crippen LogP contribution in [0.3, 0.4) is 0 Å². The lowest BCUT2D eigenvalue weighted by Crippen LogP contribution is -2.36. The Kier molecular flexibility index (Phi) is 8.51. The zero-order chi connectivity index (χ0) is 15.5. The molecular weight excluding hydrogens is 260 g/mol. The van der Waals surface area contributed by atoms with Crippen molar-refractivity contribution in [2.24, 2.45) is 4.99 Å². The van der Waals surface area contributed by atoms with Crippen molar-refractivity contribution in [2.45, 2.75) is 40.8 Å². The van der Waals surface area contributed by atoms with Gasteiger partial charge in [0.1, 0.15) is 0 Å². The largest absolute Gasteiger partial charge is 0.357 e. The van der Waals surface area contributed by atoms with E-state index < -0.39 is 0 Å². The maximum Gasteiger partial charge on any atom is 0.191 e. The summed E-state index contributed by atoms with van der Waals surface area (Å²) in [5.74, 6) is 0.882. The molecule has 21 heavy (non-hydrogen) atoms. The molecule has 0 saturated carbocycles. The lowest BCUT2D eigenvalue weighted by Gasteiger charge is -2.18. The van der Waals surface area contributed by atoms with Crippen LogP contribution in [0.1, 0.15) is 38.8 Å². The summed E-state index contributed by atoms with van der Waals surface area (Å²) in [5.41, 5.74) is 2.61. The second-order valence-corrected chi connectivity index (χ2v) is 5.00. The van der Waals surface area contributed by atoms with Gasteiger partial charge in [0.05, 0.1) is 6.54 Å². The van der Waals surface area contributed by atoms with Crippen LogP contribution in [-0.2, 0) is 13.1 Å². The topological polar surface area (TPSA) is 39.7 Å². The molecule has 0 aliphatic carbocycles. The van der Waals surface area contributed by atoms with Crippen molar-refractivity contribution in [2.75, 3.05) is 26.2 Å². The van der Waals surface area contributed by atoms with Gasteiger partial charge >= 0.3 is 0 Å². The highest BCUT2D eigenvalue weighted by Crippen LogP contribution is 2.08. The van der Waals surface area contributed by atoms with Crippen molar-refractivity contribution in [3.63, 3.8) is 0 Å². The van der Waals surface area contributed by atoms with Crippen LogP contribution in [0.25, 0.3) is 0 Å². The molecule has 0 bridgehead atoms. The fourth-order valence-corrected chi connectivity index (χ4v) is 2.14. The molecule has 0 saturated heterocycles. The lowest BCUT2D eigenvalue weighted by molar-refractivity contribution is 0.296. The highest BCUT2D eigenvalue weighted by Gasteiger charge is 2.01. The van der Waals surface area contributed by atoms with Gasteiger partial charge in [-0.15, -0.1) is 0 Å². The normalized spacial score (nSPS) is 10.5. The summed E-state index contributed by atoms with van der Waals surface area (Å²) in [5, 5.41) is 6.48. The molecule has 0 aliphatic rings. The second kappa shape index (κ2) is 10.2. The van der Waals surface area contributed by atoms with Crippen molar-refractivity contribution in [1.29, 1.82) is 0 Å². The minimum Gasteiger partial charge on any atom is -0.357 e. The molecule has 2 N–H and O–H groups in total. The van der Waals surface area contributed by atoms with E-state index in [1.807, 2.05) is 0 Å². The van der Waals surface area contributed by atoms with Gasteiger partial charge in [-0.05, 0) is 38.1 Å². The van der Waals surface area contributed by atoms with Crippen molar-refractivity contribution in [1.82, 2.24) is 15.5 Å². The van der Waals surface area contributed by atoms with Crippen LogP contribution in [-0.4, -0.2) is 37.0 Å². The molecule has 1 aromatic carbocycles. The highest BCUT2D eigenvalue weighted by atomic mass is 15.2. The minimum atomic E-state index is 0.709. The molecule has 0 fully saturated rings. The third kappa shape index (κ3) is 6.63. The predicted octanol–water partition coefficient (Wildman–Crippen LogP) is 2.60. The maximum atomic E-state index is 4.58. The molecule has 0 amide bonds. The first-order chi connectivity index (χ1) is 10.2. The number of guanidine groups is 1. The van der Waals surface area contributed by atoms with Gasteiger partial charge in [0.25, 0.3) is 0 Å². The first kappa shape index (κ1) is 17.5. The summed E-state index contributed by atoms with van der Waals surface area (Å²) in [6.45, 7) is 14.3. The quantitative estimate of drug-likeness (QED) is 0.571. The third-order valence-electron chi connectivity index (χ3n) is 3.43. The number of nitrogens with zero attached hydrogens (tertiary/aromatic N) is 2. The van der Waals surface area contributed by atoms with Gasteiger partial charge in [0, 0.05) is 19.6 Å². The fraction of sp³-hybridized carbons (Fsp3) is 0.588. The summed E-state index contributed by atoms with van der Waals surface area (Å²) in [4.78, 5) is 7.00. The standard InChI is InChI=1S/C17H30N4/c1-5-18-17(19-6-2)20-13-15-9-11-16(12-10-15)14-21(7-3)8-4/h9-12H,5-8,13-14H2,1-4H3,(H2,18,19,20). The minimum absolute atomic E-state index is 0.709. The maximum absolute atomic E-state index is 4.58. The molecule has 0 atom stereocenters. The Morgan fingerprint density at radius 3 is 1.90 bits per heavy atom. The van der Waals surface area contributed by atoms with E-state index in [4.69, 9.17) is 0 Å². The zero-order valence-electron chi connectivity index (χ0n) is 13.9. The van der Waals surface area contributed by atoms with Crippen molar-refractivity contribution in [3.8, 4) is 0 Å². The van der Waals surface area contributed by atoms with Crippen LogP contribution >= 0.6 is 0 Å². The van der Waals surface area contributed by atoms with Crippen LogP contribution in [0, 0.1) is 0 Å². The summed E-state index contributed by atoms with van der Waals surface area (Å²) >= 11 is 0. The van der Waals surface area contributed by atoms with E-state index >= 15 is 0 Å². The van der Waals surface area contributed by atoms with E-state index in [-0.39, 0.29) is 0 Å². The average Bonchev–Trinajstić information content (AvgIpc) is 2.52. The number of nitrogens with one attached hydrogen (secondary N) is 2. The van der Waals surface area contributed by atoms with Gasteiger partial charge in [0.2, 0.25) is 0 Å². The van der Waals surface area contributed by atoms with E-state index in [2.05, 4.69) is 72.5 Å².